The average Bonchev–Trinajstić information content (AvgIpc) is 2.24. The lowest BCUT2D eigenvalue weighted by molar-refractivity contribution is -0.153. The van der Waals surface area contributed by atoms with E-state index in [9.17, 15) is 4.79 Å². The lowest BCUT2D eigenvalue weighted by Gasteiger charge is -2.26. The normalized spacial score (nSPS) is 14.9. The fraction of sp³-hybridized carbons (Fsp3) is 0.917. The van der Waals surface area contributed by atoms with Gasteiger partial charge in [0.05, 0.1) is 13.2 Å². The van der Waals surface area contributed by atoms with Crippen LogP contribution < -0.4 is 5.32 Å². The molecular weight excluding hydrogens is 206 g/mol. The third-order valence-electron chi connectivity index (χ3n) is 2.51. The number of likely N-dealkylation sites (N-methyl/N-ethyl adjacent to an activating group) is 1. The van der Waals surface area contributed by atoms with Crippen molar-refractivity contribution in [1.82, 2.24) is 5.32 Å². The fourth-order valence-electron chi connectivity index (χ4n) is 1.12. The molecule has 0 radical (unpaired) electrons. The van der Waals surface area contributed by atoms with Gasteiger partial charge in [-0.25, -0.2) is 4.79 Å². The highest BCUT2D eigenvalue weighted by atomic mass is 16.5. The largest absolute Gasteiger partial charge is 0.465 e. The zero-order chi connectivity index (χ0) is 12.6. The van der Waals surface area contributed by atoms with Crippen molar-refractivity contribution >= 4 is 5.97 Å². The molecule has 0 aromatic carbocycles. The zero-order valence-corrected chi connectivity index (χ0v) is 11.1. The van der Waals surface area contributed by atoms with E-state index in [4.69, 9.17) is 9.47 Å². The van der Waals surface area contributed by atoms with Gasteiger partial charge in [-0.2, -0.15) is 0 Å². The van der Waals surface area contributed by atoms with Gasteiger partial charge in [-0.1, -0.05) is 13.8 Å². The third kappa shape index (κ3) is 5.47. The van der Waals surface area contributed by atoms with Crippen LogP contribution in [0.1, 0.15) is 34.1 Å². The standard InChI is InChI=1S/C12H25NO3/c1-6-16-11(14)12(4,13-5)9-15-8-7-10(2)3/h10,13H,6-9H2,1-5H3. The molecule has 1 atom stereocenters. The number of ether oxygens (including phenoxy) is 2. The van der Waals surface area contributed by atoms with Crippen LogP contribution in [0, 0.1) is 5.92 Å². The molecule has 1 N–H and O–H groups in total. The summed E-state index contributed by atoms with van der Waals surface area (Å²) in [6.07, 6.45) is 1.00. The number of nitrogens with one attached hydrogen (secondary N) is 1. The van der Waals surface area contributed by atoms with Gasteiger partial charge in [0.2, 0.25) is 0 Å². The van der Waals surface area contributed by atoms with Crippen molar-refractivity contribution in [1.29, 1.82) is 0 Å². The lowest BCUT2D eigenvalue weighted by Crippen LogP contribution is -2.52. The van der Waals surface area contributed by atoms with Gasteiger partial charge in [-0.05, 0) is 33.2 Å². The number of rotatable bonds is 8. The molecule has 1 unspecified atom stereocenters. The minimum atomic E-state index is -0.743. The van der Waals surface area contributed by atoms with E-state index in [0.717, 1.165) is 6.42 Å². The van der Waals surface area contributed by atoms with Gasteiger partial charge in [0.1, 0.15) is 5.54 Å². The third-order valence-corrected chi connectivity index (χ3v) is 2.51. The summed E-state index contributed by atoms with van der Waals surface area (Å²) in [7, 11) is 1.74. The van der Waals surface area contributed by atoms with Crippen molar-refractivity contribution in [2.45, 2.75) is 39.7 Å². The second-order valence-electron chi connectivity index (χ2n) is 4.54. The molecule has 0 aliphatic heterocycles. The average molecular weight is 231 g/mol. The Bertz CT molecular complexity index is 206. The van der Waals surface area contributed by atoms with E-state index >= 15 is 0 Å². The fourth-order valence-corrected chi connectivity index (χ4v) is 1.12. The molecule has 0 bridgehead atoms. The van der Waals surface area contributed by atoms with Crippen LogP contribution in [-0.4, -0.2) is 38.4 Å². The van der Waals surface area contributed by atoms with Gasteiger partial charge in [0.15, 0.2) is 0 Å². The molecule has 0 rings (SSSR count). The molecule has 0 saturated carbocycles. The molecular formula is C12H25NO3. The SMILES string of the molecule is CCOC(=O)C(C)(COCCC(C)C)NC. The van der Waals surface area contributed by atoms with Crippen molar-refractivity contribution in [2.75, 3.05) is 26.9 Å². The highest BCUT2D eigenvalue weighted by Gasteiger charge is 2.33. The molecule has 96 valence electrons. The number of carbonyl (C=O) groups is 1. The molecule has 0 aromatic heterocycles. The maximum atomic E-state index is 11.7. The quantitative estimate of drug-likeness (QED) is 0.509. The molecule has 0 spiro atoms. The Kier molecular flexibility index (Phi) is 7.34. The van der Waals surface area contributed by atoms with Crippen LogP contribution in [0.2, 0.25) is 0 Å². The molecule has 0 aromatic rings. The van der Waals surface area contributed by atoms with E-state index in [0.29, 0.717) is 25.7 Å². The predicted octanol–water partition coefficient (Wildman–Crippen LogP) is 1.59. The van der Waals surface area contributed by atoms with Gasteiger partial charge in [-0.3, -0.25) is 0 Å². The summed E-state index contributed by atoms with van der Waals surface area (Å²) >= 11 is 0. The summed E-state index contributed by atoms with van der Waals surface area (Å²) in [5.74, 6) is 0.352. The molecule has 0 fully saturated rings. The summed E-state index contributed by atoms with van der Waals surface area (Å²) in [6.45, 7) is 9.29. The second-order valence-corrected chi connectivity index (χ2v) is 4.54. The van der Waals surface area contributed by atoms with E-state index < -0.39 is 5.54 Å². The molecule has 0 saturated heterocycles. The van der Waals surface area contributed by atoms with Crippen LogP contribution in [0.5, 0.6) is 0 Å². The highest BCUT2D eigenvalue weighted by Crippen LogP contribution is 2.08. The van der Waals surface area contributed by atoms with Crippen LogP contribution in [0.15, 0.2) is 0 Å². The first-order valence-electron chi connectivity index (χ1n) is 5.90. The maximum absolute atomic E-state index is 11.7. The Morgan fingerprint density at radius 2 is 2.06 bits per heavy atom. The molecule has 0 aliphatic rings. The second kappa shape index (κ2) is 7.63. The molecule has 0 heterocycles. The Balaban J connectivity index is 4.01. The van der Waals surface area contributed by atoms with Gasteiger partial charge in [0, 0.05) is 6.61 Å². The smallest absolute Gasteiger partial charge is 0.328 e. The predicted molar refractivity (Wildman–Crippen MR) is 64.4 cm³/mol. The van der Waals surface area contributed by atoms with Crippen LogP contribution >= 0.6 is 0 Å². The molecule has 0 aliphatic carbocycles. The Morgan fingerprint density at radius 3 is 2.50 bits per heavy atom. The summed E-state index contributed by atoms with van der Waals surface area (Å²) < 4.78 is 10.5. The highest BCUT2D eigenvalue weighted by molar-refractivity contribution is 5.80. The van der Waals surface area contributed by atoms with Gasteiger partial charge >= 0.3 is 5.97 Å². The Morgan fingerprint density at radius 1 is 1.44 bits per heavy atom. The topological polar surface area (TPSA) is 47.6 Å². The number of hydrogen-bond acceptors (Lipinski definition) is 4. The van der Waals surface area contributed by atoms with Crippen molar-refractivity contribution in [3.8, 4) is 0 Å². The van der Waals surface area contributed by atoms with Crippen molar-refractivity contribution in [3.05, 3.63) is 0 Å². The van der Waals surface area contributed by atoms with E-state index in [1.165, 1.54) is 0 Å². The lowest BCUT2D eigenvalue weighted by atomic mass is 10.0. The minimum Gasteiger partial charge on any atom is -0.465 e. The van der Waals surface area contributed by atoms with E-state index in [1.54, 1.807) is 20.9 Å². The first-order chi connectivity index (χ1) is 7.46. The van der Waals surface area contributed by atoms with Crippen LogP contribution in [-0.2, 0) is 14.3 Å². The maximum Gasteiger partial charge on any atom is 0.328 e. The van der Waals surface area contributed by atoms with E-state index in [2.05, 4.69) is 19.2 Å². The Labute approximate surface area is 98.7 Å². The first kappa shape index (κ1) is 15.4. The molecule has 4 nitrogen and oxygen atoms in total. The molecule has 16 heavy (non-hydrogen) atoms. The first-order valence-corrected chi connectivity index (χ1v) is 5.90. The van der Waals surface area contributed by atoms with Crippen LogP contribution in [0.4, 0.5) is 0 Å². The van der Waals surface area contributed by atoms with Crippen LogP contribution in [0.3, 0.4) is 0 Å². The number of carbonyl (C=O) groups excluding carboxylic acids is 1. The summed E-state index contributed by atoms with van der Waals surface area (Å²) in [5, 5.41) is 2.95. The summed E-state index contributed by atoms with van der Waals surface area (Å²) in [4.78, 5) is 11.7. The summed E-state index contributed by atoms with van der Waals surface area (Å²) in [6, 6.07) is 0. The van der Waals surface area contributed by atoms with E-state index in [-0.39, 0.29) is 5.97 Å². The Hall–Kier alpha value is -0.610. The monoisotopic (exact) mass is 231 g/mol. The zero-order valence-electron chi connectivity index (χ0n) is 11.1. The van der Waals surface area contributed by atoms with Gasteiger partial charge in [-0.15, -0.1) is 0 Å². The number of esters is 1. The van der Waals surface area contributed by atoms with Crippen molar-refractivity contribution in [3.63, 3.8) is 0 Å². The van der Waals surface area contributed by atoms with Crippen molar-refractivity contribution in [2.24, 2.45) is 5.92 Å². The summed E-state index contributed by atoms with van der Waals surface area (Å²) in [5.41, 5.74) is -0.743. The molecule has 4 heteroatoms. The molecule has 0 amide bonds. The van der Waals surface area contributed by atoms with Crippen molar-refractivity contribution < 1.29 is 14.3 Å². The van der Waals surface area contributed by atoms with Gasteiger partial charge in [0.25, 0.3) is 0 Å². The van der Waals surface area contributed by atoms with Crippen LogP contribution in [0.25, 0.3) is 0 Å². The minimum absolute atomic E-state index is 0.262. The number of hydrogen-bond donors (Lipinski definition) is 1. The van der Waals surface area contributed by atoms with E-state index in [1.807, 2.05) is 0 Å². The van der Waals surface area contributed by atoms with Gasteiger partial charge < -0.3 is 14.8 Å².